The molecule has 2 aromatic rings. The van der Waals surface area contributed by atoms with Gasteiger partial charge in [-0.1, -0.05) is 42.5 Å². The lowest BCUT2D eigenvalue weighted by molar-refractivity contribution is -0.529. The molecule has 0 bridgehead atoms. The van der Waals surface area contributed by atoms with E-state index in [1.54, 1.807) is 24.3 Å². The van der Waals surface area contributed by atoms with Crippen LogP contribution in [0.3, 0.4) is 0 Å². The Kier molecular flexibility index (Phi) is 4.74. The molecule has 24 heavy (non-hydrogen) atoms. The van der Waals surface area contributed by atoms with E-state index in [1.807, 2.05) is 30.3 Å². The van der Waals surface area contributed by atoms with Gasteiger partial charge in [0.05, 0.1) is 0 Å². The minimum Gasteiger partial charge on any atom is -0.489 e. The largest absolute Gasteiger partial charge is 0.489 e. The minimum absolute atomic E-state index is 0.150. The van der Waals surface area contributed by atoms with Crippen molar-refractivity contribution in [3.05, 3.63) is 75.8 Å². The van der Waals surface area contributed by atoms with Crippen LogP contribution in [0.4, 0.5) is 0 Å². The third-order valence-corrected chi connectivity index (χ3v) is 4.13. The number of carbonyl (C=O) groups excluding carboxylic acids is 1. The molecule has 0 aromatic heterocycles. The van der Waals surface area contributed by atoms with Gasteiger partial charge in [0.1, 0.15) is 18.4 Å². The van der Waals surface area contributed by atoms with Crippen LogP contribution in [0.1, 0.15) is 30.0 Å². The van der Waals surface area contributed by atoms with Gasteiger partial charge in [0.2, 0.25) is 11.9 Å². The first-order valence-electron chi connectivity index (χ1n) is 7.83. The number of nitrogens with zero attached hydrogens (tertiary/aromatic N) is 1. The number of carbonyl (C=O) groups is 1. The highest BCUT2D eigenvalue weighted by Crippen LogP contribution is 2.27. The third kappa shape index (κ3) is 3.71. The molecule has 1 N–H and O–H groups in total. The molecule has 0 aliphatic carbocycles. The zero-order valence-electron chi connectivity index (χ0n) is 13.1. The predicted octanol–water partition coefficient (Wildman–Crippen LogP) is 2.86. The smallest absolute Gasteiger partial charge is 0.237 e. The van der Waals surface area contributed by atoms with E-state index in [4.69, 9.17) is 4.74 Å². The molecule has 2 aromatic carbocycles. The molecule has 1 aliphatic rings. The number of nitro groups is 1. The van der Waals surface area contributed by atoms with Gasteiger partial charge in [-0.2, -0.15) is 0 Å². The Bertz CT molecular complexity index is 716. The maximum atomic E-state index is 11.6. The molecule has 0 radical (unpaired) electrons. The van der Waals surface area contributed by atoms with Crippen molar-refractivity contribution in [2.24, 2.45) is 0 Å². The van der Waals surface area contributed by atoms with E-state index in [2.05, 4.69) is 5.32 Å². The first-order valence-corrected chi connectivity index (χ1v) is 7.83. The molecule has 124 valence electrons. The van der Waals surface area contributed by atoms with E-state index in [1.165, 1.54) is 0 Å². The molecule has 2 atom stereocenters. The van der Waals surface area contributed by atoms with Crippen molar-refractivity contribution in [1.82, 2.24) is 5.32 Å². The summed E-state index contributed by atoms with van der Waals surface area (Å²) in [5.41, 5.74) is 1.78. The summed E-state index contributed by atoms with van der Waals surface area (Å²) in [6.07, 6.45) is 0.455. The normalized spacial score (nSPS) is 20.2. The Morgan fingerprint density at radius 1 is 1.12 bits per heavy atom. The van der Waals surface area contributed by atoms with Crippen LogP contribution in [-0.2, 0) is 11.4 Å². The number of piperidine rings is 1. The second-order valence-corrected chi connectivity index (χ2v) is 5.78. The fourth-order valence-electron chi connectivity index (χ4n) is 2.83. The molecule has 1 saturated heterocycles. The van der Waals surface area contributed by atoms with Crippen LogP contribution in [-0.4, -0.2) is 16.9 Å². The highest BCUT2D eigenvalue weighted by molar-refractivity contribution is 5.77. The van der Waals surface area contributed by atoms with Crippen LogP contribution < -0.4 is 10.1 Å². The van der Waals surface area contributed by atoms with Crippen LogP contribution >= 0.6 is 0 Å². The summed E-state index contributed by atoms with van der Waals surface area (Å²) < 4.78 is 5.71. The number of rotatable bonds is 5. The van der Waals surface area contributed by atoms with Gasteiger partial charge < -0.3 is 10.1 Å². The quantitative estimate of drug-likeness (QED) is 0.676. The molecule has 1 fully saturated rings. The number of nitrogens with one attached hydrogen (secondary N) is 1. The molecule has 0 spiro atoms. The van der Waals surface area contributed by atoms with Gasteiger partial charge in [-0.3, -0.25) is 14.9 Å². The Morgan fingerprint density at radius 3 is 2.50 bits per heavy atom. The lowest BCUT2D eigenvalue weighted by Gasteiger charge is -2.26. The van der Waals surface area contributed by atoms with Crippen LogP contribution in [0, 0.1) is 10.1 Å². The standard InChI is InChI=1S/C18H18N2O4/c21-17-11-10-16(20(22)23)18(19-17)14-6-8-15(9-7-14)24-12-13-4-2-1-3-5-13/h1-9,16,18H,10-12H2,(H,19,21). The second kappa shape index (κ2) is 7.12. The van der Waals surface area contributed by atoms with Gasteiger partial charge >= 0.3 is 0 Å². The molecule has 1 heterocycles. The summed E-state index contributed by atoms with van der Waals surface area (Å²) in [5, 5.41) is 13.9. The number of ether oxygens (including phenoxy) is 1. The SMILES string of the molecule is O=C1CCC([N+](=O)[O-])C(c2ccc(OCc3ccccc3)cc2)N1. The maximum Gasteiger partial charge on any atom is 0.237 e. The molecule has 1 amide bonds. The molecule has 1 aliphatic heterocycles. The van der Waals surface area contributed by atoms with E-state index < -0.39 is 12.1 Å². The lowest BCUT2D eigenvalue weighted by atomic mass is 9.92. The Balaban J connectivity index is 1.68. The zero-order valence-corrected chi connectivity index (χ0v) is 13.1. The second-order valence-electron chi connectivity index (χ2n) is 5.78. The average molecular weight is 326 g/mol. The first-order chi connectivity index (χ1) is 11.6. The Labute approximate surface area is 139 Å². The summed E-state index contributed by atoms with van der Waals surface area (Å²) >= 11 is 0. The third-order valence-electron chi connectivity index (χ3n) is 4.13. The van der Waals surface area contributed by atoms with Crippen molar-refractivity contribution in [3.63, 3.8) is 0 Å². The molecule has 6 nitrogen and oxygen atoms in total. The monoisotopic (exact) mass is 326 g/mol. The fourth-order valence-corrected chi connectivity index (χ4v) is 2.83. The average Bonchev–Trinajstić information content (AvgIpc) is 2.61. The summed E-state index contributed by atoms with van der Waals surface area (Å²) in [6.45, 7) is 0.456. The summed E-state index contributed by atoms with van der Waals surface area (Å²) in [7, 11) is 0. The predicted molar refractivity (Wildman–Crippen MR) is 88.1 cm³/mol. The molecular weight excluding hydrogens is 308 g/mol. The first kappa shape index (κ1) is 16.0. The van der Waals surface area contributed by atoms with E-state index in [-0.39, 0.29) is 23.7 Å². The van der Waals surface area contributed by atoms with Crippen molar-refractivity contribution in [2.75, 3.05) is 0 Å². The number of benzene rings is 2. The minimum atomic E-state index is -0.793. The zero-order chi connectivity index (χ0) is 16.9. The Morgan fingerprint density at radius 2 is 1.83 bits per heavy atom. The fraction of sp³-hybridized carbons (Fsp3) is 0.278. The van der Waals surface area contributed by atoms with E-state index >= 15 is 0 Å². The highest BCUT2D eigenvalue weighted by Gasteiger charge is 2.37. The van der Waals surface area contributed by atoms with Crippen molar-refractivity contribution in [2.45, 2.75) is 31.5 Å². The van der Waals surface area contributed by atoms with Gasteiger partial charge in [-0.05, 0) is 23.3 Å². The summed E-state index contributed by atoms with van der Waals surface area (Å²) in [6, 6.07) is 15.5. The topological polar surface area (TPSA) is 81.5 Å². The van der Waals surface area contributed by atoms with Crippen molar-refractivity contribution >= 4 is 5.91 Å². The van der Waals surface area contributed by atoms with Crippen molar-refractivity contribution in [1.29, 1.82) is 0 Å². The molecule has 0 saturated carbocycles. The summed E-state index contributed by atoms with van der Waals surface area (Å²) in [5.74, 6) is 0.532. The molecule has 3 rings (SSSR count). The van der Waals surface area contributed by atoms with Crippen LogP contribution in [0.5, 0.6) is 5.75 Å². The number of amides is 1. The van der Waals surface area contributed by atoms with Crippen LogP contribution in [0.25, 0.3) is 0 Å². The van der Waals surface area contributed by atoms with E-state index in [0.29, 0.717) is 12.4 Å². The van der Waals surface area contributed by atoms with Gasteiger partial charge in [0, 0.05) is 17.8 Å². The van der Waals surface area contributed by atoms with E-state index in [9.17, 15) is 14.9 Å². The maximum absolute atomic E-state index is 11.6. The number of hydrogen-bond acceptors (Lipinski definition) is 4. The van der Waals surface area contributed by atoms with Crippen molar-refractivity contribution in [3.8, 4) is 5.75 Å². The number of hydrogen-bond donors (Lipinski definition) is 1. The molecule has 2 unspecified atom stereocenters. The highest BCUT2D eigenvalue weighted by atomic mass is 16.6. The van der Waals surface area contributed by atoms with Crippen LogP contribution in [0.15, 0.2) is 54.6 Å². The Hall–Kier alpha value is -2.89. The van der Waals surface area contributed by atoms with E-state index in [0.717, 1.165) is 11.1 Å². The van der Waals surface area contributed by atoms with Gasteiger partial charge in [0.25, 0.3) is 0 Å². The van der Waals surface area contributed by atoms with Crippen molar-refractivity contribution < 1.29 is 14.5 Å². The van der Waals surface area contributed by atoms with Gasteiger partial charge in [-0.25, -0.2) is 0 Å². The molecular formula is C18H18N2O4. The van der Waals surface area contributed by atoms with Gasteiger partial charge in [0.15, 0.2) is 0 Å². The van der Waals surface area contributed by atoms with Gasteiger partial charge in [-0.15, -0.1) is 0 Å². The van der Waals surface area contributed by atoms with Crippen LogP contribution in [0.2, 0.25) is 0 Å². The molecule has 6 heteroatoms. The lowest BCUT2D eigenvalue weighted by Crippen LogP contribution is -2.45. The summed E-state index contributed by atoms with van der Waals surface area (Å²) in [4.78, 5) is 22.5.